The number of rotatable bonds is 10. The molecule has 0 saturated carbocycles. The Kier molecular flexibility index (Phi) is 9.54. The van der Waals surface area contributed by atoms with Crippen molar-refractivity contribution in [2.45, 2.75) is 37.8 Å². The Morgan fingerprint density at radius 3 is 2.55 bits per heavy atom. The first-order chi connectivity index (χ1) is 15.9. The molecule has 0 aliphatic carbocycles. The molecule has 6 N–H and O–H groups in total. The minimum atomic E-state index is -0.568. The van der Waals surface area contributed by atoms with Crippen molar-refractivity contribution in [3.63, 3.8) is 0 Å². The molecule has 8 heteroatoms. The number of hydrogen-bond donors (Lipinski definition) is 4. The van der Waals surface area contributed by atoms with Gasteiger partial charge in [0, 0.05) is 43.8 Å². The average Bonchev–Trinajstić information content (AvgIpc) is 2.82. The second kappa shape index (κ2) is 12.6. The SMILES string of the molecule is N=C(N)NCCC[C@@H]1CN(C(=O)[C@H](N)Cc2ccc(Cl)cc2)CCN1CCc1ccccc1. The van der Waals surface area contributed by atoms with Crippen molar-refractivity contribution in [3.8, 4) is 0 Å². The molecular formula is C25H35ClN6O. The van der Waals surface area contributed by atoms with Crippen LogP contribution in [0.15, 0.2) is 54.6 Å². The number of carbonyl (C=O) groups excluding carboxylic acids is 1. The maximum atomic E-state index is 13.1. The standard InChI is InChI=1S/C25H35ClN6O/c26-21-10-8-20(9-11-21)17-23(27)24(33)32-16-15-31(14-12-19-5-2-1-3-6-19)22(18-32)7-4-13-30-25(28)29/h1-3,5-6,8-11,22-23H,4,7,12-18,27H2,(H4,28,29,30)/t22-,23-/m1/s1. The van der Waals surface area contributed by atoms with E-state index in [0.717, 1.165) is 37.9 Å². The summed E-state index contributed by atoms with van der Waals surface area (Å²) in [7, 11) is 0. The maximum absolute atomic E-state index is 13.1. The number of nitrogens with two attached hydrogens (primary N) is 2. The summed E-state index contributed by atoms with van der Waals surface area (Å²) in [5, 5.41) is 10.9. The third-order valence-electron chi connectivity index (χ3n) is 6.16. The molecule has 0 radical (unpaired) electrons. The molecule has 2 aromatic rings. The van der Waals surface area contributed by atoms with E-state index in [2.05, 4.69) is 34.5 Å². The lowest BCUT2D eigenvalue weighted by molar-refractivity contribution is -0.135. The second-order valence-electron chi connectivity index (χ2n) is 8.63. The van der Waals surface area contributed by atoms with E-state index in [1.807, 2.05) is 35.2 Å². The number of benzene rings is 2. The second-order valence-corrected chi connectivity index (χ2v) is 9.07. The minimum Gasteiger partial charge on any atom is -0.370 e. The Hall–Kier alpha value is -2.61. The number of amides is 1. The number of piperazine rings is 1. The van der Waals surface area contributed by atoms with E-state index in [1.54, 1.807) is 0 Å². The van der Waals surface area contributed by atoms with Crippen LogP contribution in [0.3, 0.4) is 0 Å². The quantitative estimate of drug-likeness (QED) is 0.242. The van der Waals surface area contributed by atoms with Gasteiger partial charge in [0.05, 0.1) is 6.04 Å². The van der Waals surface area contributed by atoms with Gasteiger partial charge in [-0.25, -0.2) is 0 Å². The molecular weight excluding hydrogens is 436 g/mol. The van der Waals surface area contributed by atoms with Crippen molar-refractivity contribution < 1.29 is 4.79 Å². The zero-order chi connectivity index (χ0) is 23.6. The van der Waals surface area contributed by atoms with Gasteiger partial charge in [0.1, 0.15) is 0 Å². The van der Waals surface area contributed by atoms with Gasteiger partial charge in [0.15, 0.2) is 5.96 Å². The zero-order valence-corrected chi connectivity index (χ0v) is 19.8. The molecule has 0 bridgehead atoms. The highest BCUT2D eigenvalue weighted by molar-refractivity contribution is 6.30. The third-order valence-corrected chi connectivity index (χ3v) is 6.41. The fourth-order valence-electron chi connectivity index (χ4n) is 4.34. The molecule has 2 aromatic carbocycles. The molecule has 1 aliphatic rings. The maximum Gasteiger partial charge on any atom is 0.239 e. The molecule has 2 atom stereocenters. The minimum absolute atomic E-state index is 0.000444. The Morgan fingerprint density at radius 2 is 1.85 bits per heavy atom. The number of carbonyl (C=O) groups is 1. The number of halogens is 1. The van der Waals surface area contributed by atoms with Crippen molar-refractivity contribution in [3.05, 3.63) is 70.7 Å². The first-order valence-corrected chi connectivity index (χ1v) is 11.9. The molecule has 0 spiro atoms. The normalized spacial score (nSPS) is 17.5. The van der Waals surface area contributed by atoms with Crippen molar-refractivity contribution in [2.75, 3.05) is 32.7 Å². The molecule has 1 amide bonds. The summed E-state index contributed by atoms with van der Waals surface area (Å²) in [5.74, 6) is -0.0101. The van der Waals surface area contributed by atoms with Crippen LogP contribution in [0.4, 0.5) is 0 Å². The van der Waals surface area contributed by atoms with Gasteiger partial charge in [-0.1, -0.05) is 54.1 Å². The van der Waals surface area contributed by atoms with Crippen molar-refractivity contribution >= 4 is 23.5 Å². The van der Waals surface area contributed by atoms with E-state index in [1.165, 1.54) is 5.56 Å². The van der Waals surface area contributed by atoms with E-state index in [-0.39, 0.29) is 17.9 Å². The fourth-order valence-corrected chi connectivity index (χ4v) is 4.46. The van der Waals surface area contributed by atoms with E-state index in [9.17, 15) is 4.79 Å². The molecule has 7 nitrogen and oxygen atoms in total. The Morgan fingerprint density at radius 1 is 1.12 bits per heavy atom. The summed E-state index contributed by atoms with van der Waals surface area (Å²) in [6.07, 6.45) is 3.28. The number of nitrogens with zero attached hydrogens (tertiary/aromatic N) is 2. The van der Waals surface area contributed by atoms with Crippen LogP contribution in [0.2, 0.25) is 5.02 Å². The summed E-state index contributed by atoms with van der Waals surface area (Å²) >= 11 is 5.96. The predicted molar refractivity (Wildman–Crippen MR) is 134 cm³/mol. The lowest BCUT2D eigenvalue weighted by Crippen LogP contribution is -2.58. The summed E-state index contributed by atoms with van der Waals surface area (Å²) in [6, 6.07) is 17.6. The van der Waals surface area contributed by atoms with Crippen LogP contribution in [0.25, 0.3) is 0 Å². The van der Waals surface area contributed by atoms with Crippen molar-refractivity contribution in [1.82, 2.24) is 15.1 Å². The first-order valence-electron chi connectivity index (χ1n) is 11.6. The van der Waals surface area contributed by atoms with Gasteiger partial charge in [0.25, 0.3) is 0 Å². The van der Waals surface area contributed by atoms with Crippen LogP contribution in [-0.2, 0) is 17.6 Å². The first kappa shape index (κ1) is 25.0. The monoisotopic (exact) mass is 470 g/mol. The molecule has 1 saturated heterocycles. The Bertz CT molecular complexity index is 892. The van der Waals surface area contributed by atoms with Crippen molar-refractivity contribution in [1.29, 1.82) is 5.41 Å². The number of hydrogen-bond acceptors (Lipinski definition) is 4. The highest BCUT2D eigenvalue weighted by atomic mass is 35.5. The van der Waals surface area contributed by atoms with Gasteiger partial charge in [0.2, 0.25) is 5.91 Å². The molecule has 0 unspecified atom stereocenters. The summed E-state index contributed by atoms with van der Waals surface area (Å²) in [4.78, 5) is 17.5. The van der Waals surface area contributed by atoms with Gasteiger partial charge in [-0.05, 0) is 48.9 Å². The lowest BCUT2D eigenvalue weighted by atomic mass is 10.0. The van der Waals surface area contributed by atoms with Crippen LogP contribution >= 0.6 is 11.6 Å². The molecule has 178 valence electrons. The molecule has 3 rings (SSSR count). The lowest BCUT2D eigenvalue weighted by Gasteiger charge is -2.42. The van der Waals surface area contributed by atoms with Crippen LogP contribution < -0.4 is 16.8 Å². The van der Waals surface area contributed by atoms with Gasteiger partial charge < -0.3 is 21.7 Å². The van der Waals surface area contributed by atoms with Gasteiger partial charge in [-0.15, -0.1) is 0 Å². The highest BCUT2D eigenvalue weighted by Crippen LogP contribution is 2.18. The molecule has 1 fully saturated rings. The molecule has 0 aromatic heterocycles. The van der Waals surface area contributed by atoms with Crippen LogP contribution in [0, 0.1) is 5.41 Å². The molecule has 1 heterocycles. The molecule has 1 aliphatic heterocycles. The highest BCUT2D eigenvalue weighted by Gasteiger charge is 2.31. The van der Waals surface area contributed by atoms with E-state index in [0.29, 0.717) is 31.1 Å². The largest absolute Gasteiger partial charge is 0.370 e. The van der Waals surface area contributed by atoms with Crippen LogP contribution in [0.5, 0.6) is 0 Å². The Balaban J connectivity index is 1.58. The topological polar surface area (TPSA) is 111 Å². The Labute approximate surface area is 201 Å². The van der Waals surface area contributed by atoms with Gasteiger partial charge in [-0.2, -0.15) is 0 Å². The summed E-state index contributed by atoms with van der Waals surface area (Å²) < 4.78 is 0. The summed E-state index contributed by atoms with van der Waals surface area (Å²) in [6.45, 7) is 3.79. The van der Waals surface area contributed by atoms with E-state index in [4.69, 9.17) is 28.5 Å². The van der Waals surface area contributed by atoms with Gasteiger partial charge >= 0.3 is 0 Å². The van der Waals surface area contributed by atoms with E-state index >= 15 is 0 Å². The van der Waals surface area contributed by atoms with Crippen LogP contribution in [-0.4, -0.2) is 66.5 Å². The molecule has 33 heavy (non-hydrogen) atoms. The average molecular weight is 471 g/mol. The number of guanidine groups is 1. The fraction of sp³-hybridized carbons (Fsp3) is 0.440. The smallest absolute Gasteiger partial charge is 0.239 e. The van der Waals surface area contributed by atoms with Crippen molar-refractivity contribution in [2.24, 2.45) is 11.5 Å². The third kappa shape index (κ3) is 8.03. The number of nitrogens with one attached hydrogen (secondary N) is 2. The van der Waals surface area contributed by atoms with Gasteiger partial charge in [-0.3, -0.25) is 15.1 Å². The van der Waals surface area contributed by atoms with E-state index < -0.39 is 6.04 Å². The zero-order valence-electron chi connectivity index (χ0n) is 19.1. The predicted octanol–water partition coefficient (Wildman–Crippen LogP) is 2.23. The van der Waals surface area contributed by atoms with Crippen LogP contribution in [0.1, 0.15) is 24.0 Å². The summed E-state index contributed by atoms with van der Waals surface area (Å²) in [5.41, 5.74) is 14.0.